The molecule has 1 saturated heterocycles. The number of aromatic nitrogens is 2. The van der Waals surface area contributed by atoms with Crippen LogP contribution >= 0.6 is 0 Å². The van der Waals surface area contributed by atoms with Crippen molar-refractivity contribution < 1.29 is 14.0 Å². The first-order valence-corrected chi connectivity index (χ1v) is 8.52. The lowest BCUT2D eigenvalue weighted by Crippen LogP contribution is -2.43. The van der Waals surface area contributed by atoms with E-state index in [1.165, 1.54) is 5.56 Å². The van der Waals surface area contributed by atoms with Gasteiger partial charge in [0.1, 0.15) is 5.75 Å². The Hall–Kier alpha value is -1.92. The number of fused-ring (bicyclic) bond motifs is 1. The fourth-order valence-corrected chi connectivity index (χ4v) is 3.33. The molecule has 1 fully saturated rings. The zero-order valence-corrected chi connectivity index (χ0v) is 14.2. The largest absolute Gasteiger partial charge is 0.493 e. The average Bonchev–Trinajstić information content (AvgIpc) is 3.24. The van der Waals surface area contributed by atoms with Gasteiger partial charge in [-0.3, -0.25) is 4.90 Å². The van der Waals surface area contributed by atoms with Crippen molar-refractivity contribution in [3.8, 4) is 17.1 Å². The van der Waals surface area contributed by atoms with E-state index in [0.29, 0.717) is 11.7 Å². The number of hydrogen-bond acceptors (Lipinski definition) is 6. The standard InChI is InChI=1S/C18H23N3O3/c1-18(2,12-21-6-9-22-10-7-21)17-19-16(20-24-17)14-3-4-15-13(11-14)5-8-23-15/h3-4,11H,5-10,12H2,1-2H3. The van der Waals surface area contributed by atoms with Crippen LogP contribution in [0.2, 0.25) is 0 Å². The van der Waals surface area contributed by atoms with Crippen LogP contribution in [0.4, 0.5) is 0 Å². The van der Waals surface area contributed by atoms with E-state index >= 15 is 0 Å². The smallest absolute Gasteiger partial charge is 0.233 e. The molecule has 0 spiro atoms. The van der Waals surface area contributed by atoms with Crippen molar-refractivity contribution in [2.45, 2.75) is 25.7 Å². The van der Waals surface area contributed by atoms with Gasteiger partial charge in [-0.2, -0.15) is 4.98 Å². The highest BCUT2D eigenvalue weighted by Gasteiger charge is 2.31. The SMILES string of the molecule is CC(C)(CN1CCOCC1)c1nc(-c2ccc3c(c2)CCO3)no1. The lowest BCUT2D eigenvalue weighted by Gasteiger charge is -2.32. The summed E-state index contributed by atoms with van der Waals surface area (Å²) in [5.41, 5.74) is 2.01. The number of hydrogen-bond donors (Lipinski definition) is 0. The highest BCUT2D eigenvalue weighted by Crippen LogP contribution is 2.31. The van der Waals surface area contributed by atoms with Crippen LogP contribution in [0.25, 0.3) is 11.4 Å². The van der Waals surface area contributed by atoms with E-state index in [0.717, 1.165) is 57.2 Å². The average molecular weight is 329 g/mol. The predicted octanol–water partition coefficient (Wildman–Crippen LogP) is 2.28. The molecule has 0 unspecified atom stereocenters. The van der Waals surface area contributed by atoms with Gasteiger partial charge in [0.15, 0.2) is 0 Å². The molecule has 4 rings (SSSR count). The Kier molecular flexibility index (Phi) is 4.02. The van der Waals surface area contributed by atoms with Crippen molar-refractivity contribution in [1.82, 2.24) is 15.0 Å². The second kappa shape index (κ2) is 6.18. The summed E-state index contributed by atoms with van der Waals surface area (Å²) < 4.78 is 16.6. The Labute approximate surface area is 141 Å². The Morgan fingerprint density at radius 3 is 2.83 bits per heavy atom. The minimum absolute atomic E-state index is 0.192. The van der Waals surface area contributed by atoms with Crippen LogP contribution in [0.15, 0.2) is 22.7 Å². The van der Waals surface area contributed by atoms with E-state index in [1.54, 1.807) is 0 Å². The fourth-order valence-electron chi connectivity index (χ4n) is 3.33. The monoisotopic (exact) mass is 329 g/mol. The molecule has 3 heterocycles. The summed E-state index contributed by atoms with van der Waals surface area (Å²) in [5.74, 6) is 2.30. The lowest BCUT2D eigenvalue weighted by atomic mass is 9.92. The molecule has 0 N–H and O–H groups in total. The number of benzene rings is 1. The van der Waals surface area contributed by atoms with Gasteiger partial charge in [0.05, 0.1) is 25.2 Å². The van der Waals surface area contributed by atoms with Crippen molar-refractivity contribution in [3.63, 3.8) is 0 Å². The second-order valence-corrected chi connectivity index (χ2v) is 7.12. The summed E-state index contributed by atoms with van der Waals surface area (Å²) in [4.78, 5) is 7.06. The van der Waals surface area contributed by atoms with Gasteiger partial charge in [0.25, 0.3) is 0 Å². The van der Waals surface area contributed by atoms with Crippen LogP contribution in [0.1, 0.15) is 25.3 Å². The molecule has 1 aromatic carbocycles. The van der Waals surface area contributed by atoms with Gasteiger partial charge in [-0.05, 0) is 37.6 Å². The van der Waals surface area contributed by atoms with Crippen molar-refractivity contribution >= 4 is 0 Å². The number of morpholine rings is 1. The molecule has 2 aliphatic heterocycles. The van der Waals surface area contributed by atoms with Crippen LogP contribution < -0.4 is 4.74 Å². The molecule has 0 atom stereocenters. The molecule has 6 nitrogen and oxygen atoms in total. The third kappa shape index (κ3) is 3.03. The number of ether oxygens (including phenoxy) is 2. The summed E-state index contributed by atoms with van der Waals surface area (Å²) in [6, 6.07) is 6.09. The van der Waals surface area contributed by atoms with Crippen molar-refractivity contribution in [3.05, 3.63) is 29.7 Å². The first kappa shape index (κ1) is 15.6. The van der Waals surface area contributed by atoms with Crippen LogP contribution in [-0.2, 0) is 16.6 Å². The molecule has 6 heteroatoms. The van der Waals surface area contributed by atoms with Gasteiger partial charge in [-0.1, -0.05) is 5.16 Å². The molecular formula is C18H23N3O3. The third-order valence-corrected chi connectivity index (χ3v) is 4.68. The van der Waals surface area contributed by atoms with Crippen LogP contribution in [-0.4, -0.2) is 54.5 Å². The predicted molar refractivity (Wildman–Crippen MR) is 89.2 cm³/mol. The molecule has 24 heavy (non-hydrogen) atoms. The van der Waals surface area contributed by atoms with Gasteiger partial charge >= 0.3 is 0 Å². The zero-order chi connectivity index (χ0) is 16.6. The van der Waals surface area contributed by atoms with Crippen molar-refractivity contribution in [2.24, 2.45) is 0 Å². The normalized spacial score (nSPS) is 18.4. The van der Waals surface area contributed by atoms with E-state index < -0.39 is 0 Å². The molecule has 1 aromatic heterocycles. The Balaban J connectivity index is 1.53. The van der Waals surface area contributed by atoms with Crippen molar-refractivity contribution in [1.29, 1.82) is 0 Å². The van der Waals surface area contributed by atoms with E-state index in [4.69, 9.17) is 14.0 Å². The lowest BCUT2D eigenvalue weighted by molar-refractivity contribution is 0.0269. The molecule has 2 aromatic rings. The van der Waals surface area contributed by atoms with E-state index in [-0.39, 0.29) is 5.41 Å². The first-order chi connectivity index (χ1) is 11.6. The number of rotatable bonds is 4. The molecule has 2 aliphatic rings. The topological polar surface area (TPSA) is 60.6 Å². The molecule has 0 aliphatic carbocycles. The molecule has 0 amide bonds. The molecular weight excluding hydrogens is 306 g/mol. The molecule has 0 saturated carbocycles. The van der Waals surface area contributed by atoms with E-state index in [9.17, 15) is 0 Å². The van der Waals surface area contributed by atoms with Gasteiger partial charge < -0.3 is 14.0 Å². The quantitative estimate of drug-likeness (QED) is 0.858. The summed E-state index contributed by atoms with van der Waals surface area (Å²) in [7, 11) is 0. The Bertz CT molecular complexity index is 720. The van der Waals surface area contributed by atoms with Gasteiger partial charge in [-0.25, -0.2) is 0 Å². The Morgan fingerprint density at radius 1 is 1.17 bits per heavy atom. The molecule has 0 radical (unpaired) electrons. The first-order valence-electron chi connectivity index (χ1n) is 8.52. The Morgan fingerprint density at radius 2 is 2.00 bits per heavy atom. The minimum atomic E-state index is -0.192. The van der Waals surface area contributed by atoms with Crippen LogP contribution in [0, 0.1) is 0 Å². The maximum absolute atomic E-state index is 5.59. The van der Waals surface area contributed by atoms with Gasteiger partial charge in [0, 0.05) is 31.6 Å². The van der Waals surface area contributed by atoms with Crippen LogP contribution in [0.3, 0.4) is 0 Å². The highest BCUT2D eigenvalue weighted by atomic mass is 16.5. The number of nitrogens with zero attached hydrogens (tertiary/aromatic N) is 3. The van der Waals surface area contributed by atoms with Crippen molar-refractivity contribution in [2.75, 3.05) is 39.5 Å². The highest BCUT2D eigenvalue weighted by molar-refractivity contribution is 5.59. The summed E-state index contributed by atoms with van der Waals surface area (Å²) in [6.45, 7) is 9.43. The maximum Gasteiger partial charge on any atom is 0.233 e. The summed E-state index contributed by atoms with van der Waals surface area (Å²) >= 11 is 0. The fraction of sp³-hybridized carbons (Fsp3) is 0.556. The van der Waals surface area contributed by atoms with Gasteiger partial charge in [-0.15, -0.1) is 0 Å². The molecule has 0 bridgehead atoms. The van der Waals surface area contributed by atoms with E-state index in [2.05, 4.69) is 35.0 Å². The third-order valence-electron chi connectivity index (χ3n) is 4.68. The second-order valence-electron chi connectivity index (χ2n) is 7.12. The minimum Gasteiger partial charge on any atom is -0.493 e. The summed E-state index contributed by atoms with van der Waals surface area (Å²) in [5, 5.41) is 4.20. The maximum atomic E-state index is 5.59. The summed E-state index contributed by atoms with van der Waals surface area (Å²) in [6.07, 6.45) is 0.941. The van der Waals surface area contributed by atoms with Gasteiger partial charge in [0.2, 0.25) is 11.7 Å². The molecule has 128 valence electrons. The van der Waals surface area contributed by atoms with E-state index in [1.807, 2.05) is 12.1 Å². The zero-order valence-electron chi connectivity index (χ0n) is 14.2. The van der Waals surface area contributed by atoms with Crippen LogP contribution in [0.5, 0.6) is 5.75 Å².